The molecule has 0 saturated carbocycles. The van der Waals surface area contributed by atoms with Gasteiger partial charge in [-0.3, -0.25) is 0 Å². The maximum atomic E-state index is 11.4. The highest BCUT2D eigenvalue weighted by molar-refractivity contribution is 5.77. The number of nitrogens with two attached hydrogens (primary N) is 1. The van der Waals surface area contributed by atoms with E-state index in [2.05, 4.69) is 10.3 Å². The molecule has 0 aromatic carbocycles. The van der Waals surface area contributed by atoms with Gasteiger partial charge in [-0.25, -0.2) is 4.79 Å². The highest BCUT2D eigenvalue weighted by Crippen LogP contribution is 2.17. The molecule has 1 saturated heterocycles. The normalized spacial score (nSPS) is 21.4. The van der Waals surface area contributed by atoms with Gasteiger partial charge in [-0.15, -0.1) is 0 Å². The Morgan fingerprint density at radius 1 is 1.64 bits per heavy atom. The van der Waals surface area contributed by atoms with Gasteiger partial charge >= 0.3 is 6.03 Å². The minimum Gasteiger partial charge on any atom is -0.363 e. The molecule has 2 rings (SSSR count). The lowest BCUT2D eigenvalue weighted by atomic mass is 10.2. The number of aromatic amines is 1. The quantitative estimate of drug-likeness (QED) is 0.635. The van der Waals surface area contributed by atoms with Gasteiger partial charge in [0.2, 0.25) is 0 Å². The Hall–Kier alpha value is -1.49. The molecule has 5 nitrogen and oxygen atoms in total. The fourth-order valence-corrected chi connectivity index (χ4v) is 1.68. The fraction of sp³-hybridized carbons (Fsp3) is 0.444. The summed E-state index contributed by atoms with van der Waals surface area (Å²) in [5.41, 5.74) is 6.44. The molecule has 1 aromatic rings. The molecule has 0 spiro atoms. The van der Waals surface area contributed by atoms with Crippen molar-refractivity contribution in [3.05, 3.63) is 24.0 Å². The molecule has 1 aliphatic rings. The third kappa shape index (κ3) is 1.58. The number of aromatic nitrogens is 1. The predicted octanol–water partition coefficient (Wildman–Crippen LogP) is 0.0397. The van der Waals surface area contributed by atoms with Crippen molar-refractivity contribution in [3.8, 4) is 0 Å². The first-order valence-corrected chi connectivity index (χ1v) is 4.70. The maximum absolute atomic E-state index is 11.4. The van der Waals surface area contributed by atoms with E-state index in [1.165, 1.54) is 0 Å². The number of nitrogens with one attached hydrogen (secondary N) is 2. The summed E-state index contributed by atoms with van der Waals surface area (Å²) in [4.78, 5) is 16.2. The van der Waals surface area contributed by atoms with Crippen LogP contribution >= 0.6 is 0 Å². The topological polar surface area (TPSA) is 74.2 Å². The largest absolute Gasteiger partial charge is 0.363 e. The number of hydrogen-bond donors (Lipinski definition) is 3. The Bertz CT molecular complexity index is 309. The summed E-state index contributed by atoms with van der Waals surface area (Å²) < 4.78 is 0. The Kier molecular flexibility index (Phi) is 2.41. The molecule has 0 bridgehead atoms. The number of carbonyl (C=O) groups excluding carboxylic acids is 1. The monoisotopic (exact) mass is 194 g/mol. The molecular formula is C9H14N4O. The Balaban J connectivity index is 2.03. The van der Waals surface area contributed by atoms with Crippen LogP contribution in [0.4, 0.5) is 4.79 Å². The van der Waals surface area contributed by atoms with E-state index in [9.17, 15) is 4.79 Å². The second kappa shape index (κ2) is 3.71. The van der Waals surface area contributed by atoms with Crippen LogP contribution in [0, 0.1) is 0 Å². The molecule has 2 amide bonds. The average Bonchev–Trinajstić information content (AvgIpc) is 2.76. The average molecular weight is 194 g/mol. The second-order valence-electron chi connectivity index (χ2n) is 3.36. The van der Waals surface area contributed by atoms with Crippen LogP contribution in [-0.4, -0.2) is 35.5 Å². The van der Waals surface area contributed by atoms with Crippen molar-refractivity contribution in [2.24, 2.45) is 5.73 Å². The predicted molar refractivity (Wildman–Crippen MR) is 52.7 cm³/mol. The van der Waals surface area contributed by atoms with Gasteiger partial charge in [0.1, 0.15) is 0 Å². The van der Waals surface area contributed by atoms with E-state index in [4.69, 9.17) is 5.73 Å². The van der Waals surface area contributed by atoms with E-state index < -0.39 is 0 Å². The standard InChI is InChI=1S/C9H14N4O/c10-3-5-13-6-8(12-9(13)14)7-2-1-4-11-7/h1-2,4,8,11H,3,5-6,10H2,(H,12,14). The molecule has 4 N–H and O–H groups in total. The number of rotatable bonds is 3. The summed E-state index contributed by atoms with van der Waals surface area (Å²) in [5.74, 6) is 0. The fourth-order valence-electron chi connectivity index (χ4n) is 1.68. The van der Waals surface area contributed by atoms with E-state index >= 15 is 0 Å². The lowest BCUT2D eigenvalue weighted by Crippen LogP contribution is -2.32. The molecule has 14 heavy (non-hydrogen) atoms. The van der Waals surface area contributed by atoms with Crippen LogP contribution in [0.5, 0.6) is 0 Å². The van der Waals surface area contributed by atoms with Crippen LogP contribution in [0.2, 0.25) is 0 Å². The number of amides is 2. The van der Waals surface area contributed by atoms with Crippen LogP contribution in [0.25, 0.3) is 0 Å². The molecule has 0 aliphatic carbocycles. The van der Waals surface area contributed by atoms with Crippen molar-refractivity contribution in [1.82, 2.24) is 15.2 Å². The van der Waals surface area contributed by atoms with Gasteiger partial charge < -0.3 is 20.9 Å². The second-order valence-corrected chi connectivity index (χ2v) is 3.36. The van der Waals surface area contributed by atoms with Crippen LogP contribution in [-0.2, 0) is 0 Å². The highest BCUT2D eigenvalue weighted by atomic mass is 16.2. The van der Waals surface area contributed by atoms with Gasteiger partial charge in [-0.2, -0.15) is 0 Å². The summed E-state index contributed by atoms with van der Waals surface area (Å²) in [7, 11) is 0. The van der Waals surface area contributed by atoms with Crippen LogP contribution < -0.4 is 11.1 Å². The van der Waals surface area contributed by atoms with E-state index in [0.29, 0.717) is 19.6 Å². The minimum atomic E-state index is -0.0324. The summed E-state index contributed by atoms with van der Waals surface area (Å²) in [6.45, 7) is 1.81. The summed E-state index contributed by atoms with van der Waals surface area (Å²) in [6.07, 6.45) is 1.85. The highest BCUT2D eigenvalue weighted by Gasteiger charge is 2.29. The van der Waals surface area contributed by atoms with Gasteiger partial charge in [0, 0.05) is 31.5 Å². The molecule has 0 radical (unpaired) electrons. The van der Waals surface area contributed by atoms with Crippen molar-refractivity contribution < 1.29 is 4.79 Å². The van der Waals surface area contributed by atoms with Crippen molar-refractivity contribution in [2.75, 3.05) is 19.6 Å². The van der Waals surface area contributed by atoms with Gasteiger partial charge in [0.05, 0.1) is 6.04 Å². The molecular weight excluding hydrogens is 180 g/mol. The molecule has 76 valence electrons. The zero-order valence-electron chi connectivity index (χ0n) is 7.86. The number of urea groups is 1. The van der Waals surface area contributed by atoms with Crippen LogP contribution in [0.15, 0.2) is 18.3 Å². The SMILES string of the molecule is NCCN1CC(c2ccc[nH]2)NC1=O. The van der Waals surface area contributed by atoms with E-state index in [1.807, 2.05) is 18.3 Å². The summed E-state index contributed by atoms with van der Waals surface area (Å²) in [6, 6.07) is 3.93. The molecule has 1 atom stereocenters. The molecule has 1 unspecified atom stereocenters. The first kappa shape index (κ1) is 9.08. The van der Waals surface area contributed by atoms with Gasteiger partial charge in [0.15, 0.2) is 0 Å². The number of H-pyrrole nitrogens is 1. The van der Waals surface area contributed by atoms with E-state index in [0.717, 1.165) is 5.69 Å². The Morgan fingerprint density at radius 3 is 3.14 bits per heavy atom. The molecule has 1 aliphatic heterocycles. The molecule has 5 heteroatoms. The van der Waals surface area contributed by atoms with Crippen molar-refractivity contribution >= 4 is 6.03 Å². The van der Waals surface area contributed by atoms with Crippen molar-refractivity contribution in [2.45, 2.75) is 6.04 Å². The smallest absolute Gasteiger partial charge is 0.318 e. The summed E-state index contributed by atoms with van der Waals surface area (Å²) in [5, 5.41) is 2.89. The minimum absolute atomic E-state index is 0.0324. The van der Waals surface area contributed by atoms with E-state index in [-0.39, 0.29) is 12.1 Å². The van der Waals surface area contributed by atoms with E-state index in [1.54, 1.807) is 4.90 Å². The van der Waals surface area contributed by atoms with Crippen LogP contribution in [0.3, 0.4) is 0 Å². The summed E-state index contributed by atoms with van der Waals surface area (Å²) >= 11 is 0. The Morgan fingerprint density at radius 2 is 2.50 bits per heavy atom. The first-order chi connectivity index (χ1) is 6.81. The van der Waals surface area contributed by atoms with Gasteiger partial charge in [0.25, 0.3) is 0 Å². The van der Waals surface area contributed by atoms with Crippen molar-refractivity contribution in [1.29, 1.82) is 0 Å². The lowest BCUT2D eigenvalue weighted by Gasteiger charge is -2.12. The van der Waals surface area contributed by atoms with Gasteiger partial charge in [-0.05, 0) is 12.1 Å². The molecule has 1 aromatic heterocycles. The zero-order valence-corrected chi connectivity index (χ0v) is 7.86. The molecule has 1 fully saturated rings. The molecule has 2 heterocycles. The van der Waals surface area contributed by atoms with Crippen LogP contribution in [0.1, 0.15) is 11.7 Å². The number of nitrogens with zero attached hydrogens (tertiary/aromatic N) is 1. The maximum Gasteiger partial charge on any atom is 0.318 e. The first-order valence-electron chi connectivity index (χ1n) is 4.70. The lowest BCUT2D eigenvalue weighted by molar-refractivity contribution is 0.218. The third-order valence-corrected chi connectivity index (χ3v) is 2.38. The van der Waals surface area contributed by atoms with Gasteiger partial charge in [-0.1, -0.05) is 0 Å². The number of carbonyl (C=O) groups is 1. The third-order valence-electron chi connectivity index (χ3n) is 2.38. The number of hydrogen-bond acceptors (Lipinski definition) is 2. The Labute approximate surface area is 82.3 Å². The van der Waals surface area contributed by atoms with Crippen molar-refractivity contribution in [3.63, 3.8) is 0 Å². The zero-order chi connectivity index (χ0) is 9.97.